The number of thiophene rings is 1. The zero-order valence-electron chi connectivity index (χ0n) is 22.0. The van der Waals surface area contributed by atoms with Gasteiger partial charge in [-0.3, -0.25) is 9.69 Å². The number of carbonyl (C=O) groups excluding carboxylic acids is 1. The minimum absolute atomic E-state index is 0.00758. The molecule has 1 fully saturated rings. The number of benzene rings is 1. The van der Waals surface area contributed by atoms with Crippen LogP contribution in [0.5, 0.6) is 0 Å². The lowest BCUT2D eigenvalue weighted by molar-refractivity contribution is -0.126. The Balaban J connectivity index is 1.33. The normalized spacial score (nSPS) is 19.1. The van der Waals surface area contributed by atoms with Gasteiger partial charge in [0.2, 0.25) is 5.91 Å². The summed E-state index contributed by atoms with van der Waals surface area (Å²) in [6.45, 7) is 7.50. The largest absolute Gasteiger partial charge is 0.393 e. The fraction of sp³-hybridized carbons (Fsp3) is 0.379. The minimum Gasteiger partial charge on any atom is -0.367 e. The fourth-order valence-electron chi connectivity index (χ4n) is 5.52. The van der Waals surface area contributed by atoms with E-state index in [4.69, 9.17) is 0 Å². The molecule has 1 aliphatic heterocycles. The highest BCUT2D eigenvalue weighted by Crippen LogP contribution is 2.34. The van der Waals surface area contributed by atoms with E-state index in [-0.39, 0.29) is 22.9 Å². The fourth-order valence-corrected chi connectivity index (χ4v) is 6.54. The summed E-state index contributed by atoms with van der Waals surface area (Å²) in [5.74, 6) is 0.280. The number of amides is 1. The number of likely N-dealkylation sites (tertiary alicyclic amines) is 1. The zero-order chi connectivity index (χ0) is 28.4. The molecule has 0 saturated carbocycles. The van der Waals surface area contributed by atoms with E-state index in [9.17, 15) is 23.2 Å². The maximum absolute atomic E-state index is 13.0. The van der Waals surface area contributed by atoms with Crippen LogP contribution in [-0.4, -0.2) is 52.1 Å². The number of piperidine rings is 1. The van der Waals surface area contributed by atoms with Gasteiger partial charge in [0.05, 0.1) is 17.9 Å². The first-order chi connectivity index (χ1) is 19.1. The number of nitrogens with one attached hydrogen (secondary N) is 2. The first-order valence-electron chi connectivity index (χ1n) is 13.1. The molecule has 2 unspecified atom stereocenters. The van der Waals surface area contributed by atoms with Gasteiger partial charge in [-0.1, -0.05) is 18.7 Å². The number of allylic oxidation sites excluding steroid dienone is 1. The Morgan fingerprint density at radius 1 is 1.35 bits per heavy atom. The van der Waals surface area contributed by atoms with Crippen molar-refractivity contribution in [2.45, 2.75) is 57.4 Å². The Kier molecular flexibility index (Phi) is 7.92. The minimum atomic E-state index is -4.29. The molecule has 3 heterocycles. The molecule has 3 aromatic rings. The second-order valence-electron chi connectivity index (χ2n) is 10.3. The lowest BCUT2D eigenvalue weighted by atomic mass is 9.94. The van der Waals surface area contributed by atoms with E-state index in [0.29, 0.717) is 42.0 Å². The average Bonchev–Trinajstić information content (AvgIpc) is 3.53. The van der Waals surface area contributed by atoms with Gasteiger partial charge >= 0.3 is 6.18 Å². The number of alkyl halides is 3. The number of hydrogen-bond donors (Lipinski definition) is 2. The van der Waals surface area contributed by atoms with Crippen LogP contribution in [0.2, 0.25) is 0 Å². The summed E-state index contributed by atoms with van der Waals surface area (Å²) in [5, 5.41) is 16.3. The van der Waals surface area contributed by atoms with Crippen LogP contribution in [0, 0.1) is 18.3 Å². The molecule has 1 saturated heterocycles. The van der Waals surface area contributed by atoms with Crippen LogP contribution in [0.3, 0.4) is 0 Å². The van der Waals surface area contributed by atoms with Gasteiger partial charge in [-0.25, -0.2) is 9.97 Å². The van der Waals surface area contributed by atoms with E-state index in [0.717, 1.165) is 41.0 Å². The molecule has 11 heteroatoms. The van der Waals surface area contributed by atoms with E-state index < -0.39 is 12.6 Å². The molecular formula is C29H29F3N6OS. The number of anilines is 1. The molecule has 0 spiro atoms. The average molecular weight is 567 g/mol. The molecule has 2 N–H and O–H groups in total. The SMILES string of the molecule is C=CC(=O)NCC1CC(Nc2ncnc3sc(CC(F)(F)F)cc23)CCN1Cc1ccc2c(c1C)C=C(C#N)C2. The standard InChI is InChI=1S/C29H29F3N6OS/c1-3-26(39)34-14-22-10-21(37-27-25-11-23(12-29(30,31)32)40-28(25)36-16-35-27)6-7-38(22)15-20-5-4-19-8-18(13-33)9-24(19)17(20)2/h3-5,9,11,16,21-22H,1,6-8,10,12,14-15H2,2H3,(H,34,39)(H,35,36,37). The van der Waals surface area contributed by atoms with E-state index in [1.54, 1.807) is 0 Å². The van der Waals surface area contributed by atoms with Gasteiger partial charge < -0.3 is 10.6 Å². The maximum atomic E-state index is 13.0. The van der Waals surface area contributed by atoms with Gasteiger partial charge in [-0.2, -0.15) is 18.4 Å². The Labute approximate surface area is 234 Å². The van der Waals surface area contributed by atoms with Gasteiger partial charge in [0, 0.05) is 48.6 Å². The summed E-state index contributed by atoms with van der Waals surface area (Å²) < 4.78 is 38.9. The molecule has 1 aromatic carbocycles. The Bertz CT molecular complexity index is 1520. The Morgan fingerprint density at radius 3 is 2.92 bits per heavy atom. The predicted octanol–water partition coefficient (Wildman–Crippen LogP) is 5.31. The quantitative estimate of drug-likeness (QED) is 0.359. The Morgan fingerprint density at radius 2 is 2.17 bits per heavy atom. The van der Waals surface area contributed by atoms with Crippen LogP contribution < -0.4 is 10.6 Å². The lowest BCUT2D eigenvalue weighted by Crippen LogP contribution is -2.51. The predicted molar refractivity (Wildman–Crippen MR) is 150 cm³/mol. The third kappa shape index (κ3) is 6.18. The summed E-state index contributed by atoms with van der Waals surface area (Å²) in [6.07, 6.45) is 1.47. The number of fused-ring (bicyclic) bond motifs is 2. The van der Waals surface area contributed by atoms with Crippen LogP contribution in [0.4, 0.5) is 19.0 Å². The van der Waals surface area contributed by atoms with Gasteiger partial charge in [0.1, 0.15) is 17.0 Å². The molecule has 2 atom stereocenters. The first kappa shape index (κ1) is 27.8. The number of halogens is 3. The summed E-state index contributed by atoms with van der Waals surface area (Å²) >= 11 is 1.03. The number of hydrogen-bond acceptors (Lipinski definition) is 7. The Hall–Kier alpha value is -3.75. The van der Waals surface area contributed by atoms with E-state index in [2.05, 4.69) is 57.2 Å². The second kappa shape index (κ2) is 11.4. The van der Waals surface area contributed by atoms with E-state index in [1.165, 1.54) is 29.6 Å². The molecule has 2 aromatic heterocycles. The molecule has 5 rings (SSSR count). The molecule has 0 radical (unpaired) electrons. The second-order valence-corrected chi connectivity index (χ2v) is 11.4. The van der Waals surface area contributed by atoms with E-state index >= 15 is 0 Å². The van der Waals surface area contributed by atoms with E-state index in [1.807, 2.05) is 6.08 Å². The molecular weight excluding hydrogens is 537 g/mol. The van der Waals surface area contributed by atoms with Crippen LogP contribution in [-0.2, 0) is 24.2 Å². The summed E-state index contributed by atoms with van der Waals surface area (Å²) in [7, 11) is 0. The van der Waals surface area contributed by atoms with Crippen LogP contribution in [0.15, 0.2) is 42.8 Å². The third-order valence-electron chi connectivity index (χ3n) is 7.56. The lowest BCUT2D eigenvalue weighted by Gasteiger charge is -2.40. The highest BCUT2D eigenvalue weighted by Gasteiger charge is 2.31. The summed E-state index contributed by atoms with van der Waals surface area (Å²) in [4.78, 5) is 23.6. The highest BCUT2D eigenvalue weighted by molar-refractivity contribution is 7.18. The molecule has 0 bridgehead atoms. The van der Waals surface area contributed by atoms with Crippen LogP contribution >= 0.6 is 11.3 Å². The molecule has 208 valence electrons. The number of nitriles is 1. The van der Waals surface area contributed by atoms with Crippen molar-refractivity contribution in [2.24, 2.45) is 0 Å². The highest BCUT2D eigenvalue weighted by atomic mass is 32.1. The third-order valence-corrected chi connectivity index (χ3v) is 8.61. The van der Waals surface area contributed by atoms with Crippen LogP contribution in [0.1, 0.15) is 40.0 Å². The van der Waals surface area contributed by atoms with Gasteiger partial charge in [-0.15, -0.1) is 11.3 Å². The molecule has 40 heavy (non-hydrogen) atoms. The molecule has 2 aliphatic rings. The molecule has 1 aliphatic carbocycles. The summed E-state index contributed by atoms with van der Waals surface area (Å²) in [6, 6.07) is 8.02. The smallest absolute Gasteiger partial charge is 0.367 e. The number of nitrogens with zero attached hydrogens (tertiary/aromatic N) is 4. The molecule has 7 nitrogen and oxygen atoms in total. The van der Waals surface area contributed by atoms with Gasteiger partial charge in [0.25, 0.3) is 0 Å². The van der Waals surface area contributed by atoms with Crippen molar-refractivity contribution in [2.75, 3.05) is 18.4 Å². The van der Waals surface area contributed by atoms with Crippen LogP contribution in [0.25, 0.3) is 16.3 Å². The molecule has 1 amide bonds. The number of rotatable bonds is 8. The first-order valence-corrected chi connectivity index (χ1v) is 13.9. The summed E-state index contributed by atoms with van der Waals surface area (Å²) in [5.41, 5.74) is 5.39. The maximum Gasteiger partial charge on any atom is 0.393 e. The van der Waals surface area contributed by atoms with Crippen molar-refractivity contribution in [1.82, 2.24) is 20.2 Å². The van der Waals surface area contributed by atoms with Crippen molar-refractivity contribution in [3.63, 3.8) is 0 Å². The van der Waals surface area contributed by atoms with Gasteiger partial charge in [-0.05, 0) is 60.2 Å². The topological polar surface area (TPSA) is 93.9 Å². The van der Waals surface area contributed by atoms with Crippen molar-refractivity contribution in [3.05, 3.63) is 69.9 Å². The van der Waals surface area contributed by atoms with Crippen molar-refractivity contribution < 1.29 is 18.0 Å². The van der Waals surface area contributed by atoms with Crippen molar-refractivity contribution in [1.29, 1.82) is 5.26 Å². The monoisotopic (exact) mass is 566 g/mol. The number of carbonyl (C=O) groups is 1. The zero-order valence-corrected chi connectivity index (χ0v) is 22.8. The number of aromatic nitrogens is 2. The van der Waals surface area contributed by atoms with Crippen molar-refractivity contribution in [3.8, 4) is 6.07 Å². The van der Waals surface area contributed by atoms with Gasteiger partial charge in [0.15, 0.2) is 0 Å². The van der Waals surface area contributed by atoms with Crippen molar-refractivity contribution >= 4 is 39.4 Å².